The molecule has 2 aromatic carbocycles. The Morgan fingerprint density at radius 2 is 1.79 bits per heavy atom. The Hall–Kier alpha value is -2.25. The summed E-state index contributed by atoms with van der Waals surface area (Å²) in [7, 11) is 0.666. The third-order valence-electron chi connectivity index (χ3n) is 3.51. The second kappa shape index (κ2) is 7.11. The van der Waals surface area contributed by atoms with Crippen molar-refractivity contribution in [2.45, 2.75) is 4.90 Å². The Kier molecular flexibility index (Phi) is 5.36. The Balaban J connectivity index is 2.37. The van der Waals surface area contributed by atoms with Crippen molar-refractivity contribution in [1.29, 1.82) is 0 Å². The summed E-state index contributed by atoms with van der Waals surface area (Å²) >= 11 is 6.08. The number of hydrogen-bond donors (Lipinski definition) is 1. The summed E-state index contributed by atoms with van der Waals surface area (Å²) in [5, 5.41) is 2.64. The molecule has 0 aliphatic rings. The number of ether oxygens (including phenoxy) is 1. The maximum atomic E-state index is 12.7. The van der Waals surface area contributed by atoms with Crippen LogP contribution in [-0.2, 0) is 10.0 Å². The molecule has 0 aromatic heterocycles. The van der Waals surface area contributed by atoms with Gasteiger partial charge in [-0.2, -0.15) is 0 Å². The van der Waals surface area contributed by atoms with Gasteiger partial charge >= 0.3 is 0 Å². The molecule has 0 bridgehead atoms. The molecule has 2 aromatic rings. The summed E-state index contributed by atoms with van der Waals surface area (Å²) < 4.78 is 31.5. The first-order valence-electron chi connectivity index (χ1n) is 6.96. The fourth-order valence-electron chi connectivity index (χ4n) is 2.06. The minimum Gasteiger partial charge on any atom is -0.497 e. The van der Waals surface area contributed by atoms with E-state index < -0.39 is 10.0 Å². The molecule has 6 nitrogen and oxygen atoms in total. The number of halogens is 1. The maximum Gasteiger partial charge on any atom is 0.264 e. The van der Waals surface area contributed by atoms with E-state index in [1.165, 1.54) is 51.5 Å². The topological polar surface area (TPSA) is 75.7 Å². The van der Waals surface area contributed by atoms with Gasteiger partial charge in [-0.15, -0.1) is 0 Å². The molecule has 0 unspecified atom stereocenters. The van der Waals surface area contributed by atoms with Crippen LogP contribution in [0.15, 0.2) is 47.4 Å². The molecule has 0 saturated carbocycles. The molecule has 0 saturated heterocycles. The molecule has 0 spiro atoms. The lowest BCUT2D eigenvalue weighted by atomic mass is 10.2. The highest BCUT2D eigenvalue weighted by Gasteiger charge is 2.22. The number of nitrogens with one attached hydrogen (secondary N) is 1. The van der Waals surface area contributed by atoms with E-state index in [2.05, 4.69) is 5.32 Å². The van der Waals surface area contributed by atoms with Gasteiger partial charge in [0.25, 0.3) is 15.9 Å². The first-order chi connectivity index (χ1) is 11.3. The summed E-state index contributed by atoms with van der Waals surface area (Å²) in [5.74, 6) is 0.224. The molecule has 0 aliphatic heterocycles. The molecule has 128 valence electrons. The van der Waals surface area contributed by atoms with Crippen LogP contribution in [0.2, 0.25) is 5.02 Å². The normalized spacial score (nSPS) is 11.0. The van der Waals surface area contributed by atoms with Gasteiger partial charge in [-0.3, -0.25) is 9.10 Å². The first kappa shape index (κ1) is 18.1. The first-order valence-corrected chi connectivity index (χ1v) is 8.77. The van der Waals surface area contributed by atoms with Crippen LogP contribution in [-0.4, -0.2) is 35.5 Å². The second-order valence-corrected chi connectivity index (χ2v) is 7.27. The number of carbonyl (C=O) groups is 1. The standard InChI is InChI=1S/C16H17ClN2O4S/c1-18-16(20)14-9-4-11(10-15(14)17)19(2)24(21,22)13-7-5-12(23-3)6-8-13/h4-10H,1-3H3,(H,18,20). The Bertz CT molecular complexity index is 851. The van der Waals surface area contributed by atoms with Crippen LogP contribution in [0.4, 0.5) is 5.69 Å². The van der Waals surface area contributed by atoms with Crippen molar-refractivity contribution in [1.82, 2.24) is 5.32 Å². The SMILES string of the molecule is CNC(=O)c1ccc(N(C)S(=O)(=O)c2ccc(OC)cc2)cc1Cl. The summed E-state index contributed by atoms with van der Waals surface area (Å²) in [6.07, 6.45) is 0. The fraction of sp³-hybridized carbons (Fsp3) is 0.188. The molecule has 0 heterocycles. The Labute approximate surface area is 146 Å². The smallest absolute Gasteiger partial charge is 0.264 e. The zero-order chi connectivity index (χ0) is 17.9. The molecular formula is C16H17ClN2O4S. The molecule has 0 aliphatic carbocycles. The van der Waals surface area contributed by atoms with E-state index >= 15 is 0 Å². The van der Waals surface area contributed by atoms with E-state index in [9.17, 15) is 13.2 Å². The van der Waals surface area contributed by atoms with Crippen molar-refractivity contribution < 1.29 is 17.9 Å². The molecule has 0 fully saturated rings. The summed E-state index contributed by atoms with van der Waals surface area (Å²) in [5.41, 5.74) is 0.627. The van der Waals surface area contributed by atoms with Gasteiger partial charge in [0.1, 0.15) is 5.75 Å². The van der Waals surface area contributed by atoms with Gasteiger partial charge < -0.3 is 10.1 Å². The zero-order valence-corrected chi connectivity index (χ0v) is 15.0. The number of nitrogens with zero attached hydrogens (tertiary/aromatic N) is 1. The van der Waals surface area contributed by atoms with Crippen LogP contribution in [0.5, 0.6) is 5.75 Å². The lowest BCUT2D eigenvalue weighted by molar-refractivity contribution is 0.0963. The predicted octanol–water partition coefficient (Wildman–Crippen LogP) is 2.53. The van der Waals surface area contributed by atoms with Gasteiger partial charge in [0.05, 0.1) is 28.3 Å². The minimum absolute atomic E-state index is 0.123. The average Bonchev–Trinajstić information content (AvgIpc) is 2.60. The second-order valence-electron chi connectivity index (χ2n) is 4.89. The van der Waals surface area contributed by atoms with Gasteiger partial charge in [-0.1, -0.05) is 11.6 Å². The molecular weight excluding hydrogens is 352 g/mol. The highest BCUT2D eigenvalue weighted by atomic mass is 35.5. The monoisotopic (exact) mass is 368 g/mol. The van der Waals surface area contributed by atoms with E-state index in [0.717, 1.165) is 4.31 Å². The predicted molar refractivity (Wildman–Crippen MR) is 93.4 cm³/mol. The average molecular weight is 369 g/mol. The van der Waals surface area contributed by atoms with Gasteiger partial charge in [0.2, 0.25) is 0 Å². The van der Waals surface area contributed by atoms with Gasteiger partial charge in [0, 0.05) is 14.1 Å². The molecule has 8 heteroatoms. The van der Waals surface area contributed by atoms with Crippen LogP contribution >= 0.6 is 11.6 Å². The number of carbonyl (C=O) groups excluding carboxylic acids is 1. The van der Waals surface area contributed by atoms with Crippen molar-refractivity contribution in [3.05, 3.63) is 53.1 Å². The fourth-order valence-corrected chi connectivity index (χ4v) is 3.51. The number of amides is 1. The minimum atomic E-state index is -3.75. The highest BCUT2D eigenvalue weighted by molar-refractivity contribution is 7.92. The molecule has 0 atom stereocenters. The van der Waals surface area contributed by atoms with E-state index in [1.54, 1.807) is 12.1 Å². The summed E-state index contributed by atoms with van der Waals surface area (Å²) in [6, 6.07) is 10.5. The molecule has 0 radical (unpaired) electrons. The van der Waals surface area contributed by atoms with Crippen LogP contribution in [0.25, 0.3) is 0 Å². The number of rotatable bonds is 5. The van der Waals surface area contributed by atoms with Crippen molar-refractivity contribution in [3.8, 4) is 5.75 Å². The van der Waals surface area contributed by atoms with Crippen molar-refractivity contribution in [2.75, 3.05) is 25.5 Å². The van der Waals surface area contributed by atoms with Crippen molar-refractivity contribution in [3.63, 3.8) is 0 Å². The Morgan fingerprint density at radius 3 is 2.29 bits per heavy atom. The van der Waals surface area contributed by atoms with Gasteiger partial charge in [-0.25, -0.2) is 8.42 Å². The molecule has 24 heavy (non-hydrogen) atoms. The van der Waals surface area contributed by atoms with E-state index in [0.29, 0.717) is 11.4 Å². The third kappa shape index (κ3) is 3.47. The van der Waals surface area contributed by atoms with Gasteiger partial charge in [-0.05, 0) is 42.5 Å². The lowest BCUT2D eigenvalue weighted by Gasteiger charge is -2.20. The van der Waals surface area contributed by atoms with Crippen LogP contribution in [0.1, 0.15) is 10.4 Å². The van der Waals surface area contributed by atoms with Crippen molar-refractivity contribution >= 4 is 33.2 Å². The van der Waals surface area contributed by atoms with E-state index in [4.69, 9.17) is 16.3 Å². The largest absolute Gasteiger partial charge is 0.497 e. The summed E-state index contributed by atoms with van der Waals surface area (Å²) in [4.78, 5) is 11.8. The highest BCUT2D eigenvalue weighted by Crippen LogP contribution is 2.27. The third-order valence-corrected chi connectivity index (χ3v) is 5.62. The number of methoxy groups -OCH3 is 1. The number of anilines is 1. The molecule has 1 N–H and O–H groups in total. The van der Waals surface area contributed by atoms with E-state index in [1.807, 2.05) is 0 Å². The summed E-state index contributed by atoms with van der Waals surface area (Å²) in [6.45, 7) is 0. The Morgan fingerprint density at radius 1 is 1.17 bits per heavy atom. The number of hydrogen-bond acceptors (Lipinski definition) is 4. The maximum absolute atomic E-state index is 12.7. The quantitative estimate of drug-likeness (QED) is 0.879. The number of sulfonamides is 1. The van der Waals surface area contributed by atoms with Crippen LogP contribution in [0, 0.1) is 0 Å². The van der Waals surface area contributed by atoms with E-state index in [-0.39, 0.29) is 21.4 Å². The zero-order valence-electron chi connectivity index (χ0n) is 13.4. The van der Waals surface area contributed by atoms with Crippen LogP contribution < -0.4 is 14.4 Å². The van der Waals surface area contributed by atoms with Gasteiger partial charge in [0.15, 0.2) is 0 Å². The molecule has 2 rings (SSSR count). The van der Waals surface area contributed by atoms with Crippen molar-refractivity contribution in [2.24, 2.45) is 0 Å². The van der Waals surface area contributed by atoms with Crippen LogP contribution in [0.3, 0.4) is 0 Å². The molecule has 1 amide bonds. The number of benzene rings is 2. The lowest BCUT2D eigenvalue weighted by Crippen LogP contribution is -2.26.